The van der Waals surface area contributed by atoms with Gasteiger partial charge in [-0.1, -0.05) is 69.3 Å². The largest absolute Gasteiger partial charge is 0.497 e. The van der Waals surface area contributed by atoms with Crippen molar-refractivity contribution in [2.24, 2.45) is 5.41 Å². The van der Waals surface area contributed by atoms with E-state index in [9.17, 15) is 4.39 Å². The number of hydrogen-bond acceptors (Lipinski definition) is 2. The van der Waals surface area contributed by atoms with E-state index in [1.54, 1.807) is 19.2 Å². The van der Waals surface area contributed by atoms with Crippen LogP contribution in [0.15, 0.2) is 72.8 Å². The lowest BCUT2D eigenvalue weighted by atomic mass is 9.91. The molecule has 30 heavy (non-hydrogen) atoms. The average molecular weight is 405 g/mol. The first-order chi connectivity index (χ1) is 14.4. The lowest BCUT2D eigenvalue weighted by Crippen LogP contribution is -2.02. The molecule has 3 aromatic carbocycles. The van der Waals surface area contributed by atoms with Crippen molar-refractivity contribution in [3.05, 3.63) is 89.8 Å². The highest BCUT2D eigenvalue weighted by Crippen LogP contribution is 2.32. The molecule has 2 nitrogen and oxygen atoms in total. The van der Waals surface area contributed by atoms with Crippen LogP contribution in [-0.4, -0.2) is 7.11 Å². The van der Waals surface area contributed by atoms with Gasteiger partial charge in [0.05, 0.1) is 7.11 Å². The molecule has 0 aromatic heterocycles. The fourth-order valence-electron chi connectivity index (χ4n) is 3.11. The summed E-state index contributed by atoms with van der Waals surface area (Å²) in [6.45, 7) is 7.08. The van der Waals surface area contributed by atoms with Gasteiger partial charge >= 0.3 is 0 Å². The minimum atomic E-state index is -0.279. The van der Waals surface area contributed by atoms with Gasteiger partial charge in [-0.05, 0) is 53.3 Å². The molecular formula is C27H29FO2. The quantitative estimate of drug-likeness (QED) is 0.405. The number of hydrogen-bond donors (Lipinski definition) is 0. The standard InChI is InChI=1S/C27H29FO2/c1-27(2,3)16-8-11-22-17-21(24-18-23(29-4)13-14-25(24)28)12-15-26(22)30-19-20-9-6-5-7-10-20/h5-15,17-18H,16,19H2,1-4H3/b11-8+. The first kappa shape index (κ1) is 21.6. The van der Waals surface area contributed by atoms with Crippen molar-refractivity contribution in [1.82, 2.24) is 0 Å². The summed E-state index contributed by atoms with van der Waals surface area (Å²) in [5.74, 6) is 1.12. The van der Waals surface area contributed by atoms with Crippen molar-refractivity contribution in [1.29, 1.82) is 0 Å². The summed E-state index contributed by atoms with van der Waals surface area (Å²) in [7, 11) is 1.58. The summed E-state index contributed by atoms with van der Waals surface area (Å²) in [6.07, 6.45) is 5.15. The number of allylic oxidation sites excluding steroid dienone is 1. The fourth-order valence-corrected chi connectivity index (χ4v) is 3.11. The monoisotopic (exact) mass is 404 g/mol. The van der Waals surface area contributed by atoms with Crippen LogP contribution in [0.3, 0.4) is 0 Å². The van der Waals surface area contributed by atoms with Crippen LogP contribution < -0.4 is 9.47 Å². The Kier molecular flexibility index (Phi) is 6.94. The van der Waals surface area contributed by atoms with Crippen LogP contribution in [0.2, 0.25) is 0 Å². The van der Waals surface area contributed by atoms with E-state index in [1.807, 2.05) is 48.5 Å². The third-order valence-corrected chi connectivity index (χ3v) is 4.76. The van der Waals surface area contributed by atoms with Gasteiger partial charge in [0.15, 0.2) is 0 Å². The van der Waals surface area contributed by atoms with Crippen LogP contribution >= 0.6 is 0 Å². The van der Waals surface area contributed by atoms with Gasteiger partial charge < -0.3 is 9.47 Å². The van der Waals surface area contributed by atoms with Gasteiger partial charge in [-0.25, -0.2) is 4.39 Å². The Morgan fingerprint density at radius 2 is 1.70 bits per heavy atom. The van der Waals surface area contributed by atoms with E-state index in [0.29, 0.717) is 17.9 Å². The molecule has 156 valence electrons. The highest BCUT2D eigenvalue weighted by Gasteiger charge is 2.11. The van der Waals surface area contributed by atoms with Crippen molar-refractivity contribution < 1.29 is 13.9 Å². The Bertz CT molecular complexity index is 1000. The average Bonchev–Trinajstić information content (AvgIpc) is 2.73. The van der Waals surface area contributed by atoms with E-state index in [0.717, 1.165) is 28.9 Å². The minimum Gasteiger partial charge on any atom is -0.497 e. The first-order valence-corrected chi connectivity index (χ1v) is 10.2. The topological polar surface area (TPSA) is 18.5 Å². The predicted octanol–water partition coefficient (Wildman–Crippen LogP) is 7.53. The zero-order valence-electron chi connectivity index (χ0n) is 18.1. The van der Waals surface area contributed by atoms with Gasteiger partial charge in [0.1, 0.15) is 23.9 Å². The van der Waals surface area contributed by atoms with Crippen LogP contribution in [0, 0.1) is 11.2 Å². The molecule has 0 bridgehead atoms. The molecule has 0 aliphatic carbocycles. The second-order valence-corrected chi connectivity index (χ2v) is 8.54. The molecule has 0 aliphatic heterocycles. The second-order valence-electron chi connectivity index (χ2n) is 8.54. The van der Waals surface area contributed by atoms with Gasteiger partial charge in [-0.3, -0.25) is 0 Å². The van der Waals surface area contributed by atoms with Crippen LogP contribution in [0.4, 0.5) is 4.39 Å². The molecule has 3 aromatic rings. The first-order valence-electron chi connectivity index (χ1n) is 10.2. The third kappa shape index (κ3) is 5.96. The van der Waals surface area contributed by atoms with E-state index >= 15 is 0 Å². The molecule has 0 amide bonds. The summed E-state index contributed by atoms with van der Waals surface area (Å²) >= 11 is 0. The van der Waals surface area contributed by atoms with Crippen LogP contribution in [0.1, 0.15) is 38.3 Å². The Hall–Kier alpha value is -3.07. The summed E-state index contributed by atoms with van der Waals surface area (Å²) < 4.78 is 25.9. The van der Waals surface area contributed by atoms with Crippen LogP contribution in [0.5, 0.6) is 11.5 Å². The summed E-state index contributed by atoms with van der Waals surface area (Å²) in [5.41, 5.74) is 3.51. The molecular weight excluding hydrogens is 375 g/mol. The van der Waals surface area contributed by atoms with Crippen molar-refractivity contribution in [2.45, 2.75) is 33.8 Å². The Labute approximate surface area is 179 Å². The number of methoxy groups -OCH3 is 1. The molecule has 0 atom stereocenters. The zero-order chi connectivity index (χ0) is 21.6. The molecule has 0 saturated heterocycles. The smallest absolute Gasteiger partial charge is 0.131 e. The van der Waals surface area contributed by atoms with Gasteiger partial charge in [-0.15, -0.1) is 0 Å². The highest BCUT2D eigenvalue weighted by molar-refractivity contribution is 5.72. The number of benzene rings is 3. The Morgan fingerprint density at radius 3 is 2.40 bits per heavy atom. The van der Waals surface area contributed by atoms with E-state index in [2.05, 4.69) is 32.9 Å². The molecule has 3 rings (SSSR count). The van der Waals surface area contributed by atoms with Crippen molar-refractivity contribution >= 4 is 6.08 Å². The van der Waals surface area contributed by atoms with Crippen LogP contribution in [-0.2, 0) is 6.61 Å². The van der Waals surface area contributed by atoms with E-state index in [4.69, 9.17) is 9.47 Å². The minimum absolute atomic E-state index is 0.193. The maximum absolute atomic E-state index is 14.5. The molecule has 0 unspecified atom stereocenters. The van der Waals surface area contributed by atoms with Crippen molar-refractivity contribution in [2.75, 3.05) is 7.11 Å². The maximum Gasteiger partial charge on any atom is 0.131 e. The van der Waals surface area contributed by atoms with Gasteiger partial charge in [-0.2, -0.15) is 0 Å². The van der Waals surface area contributed by atoms with E-state index < -0.39 is 0 Å². The van der Waals surface area contributed by atoms with E-state index in [-0.39, 0.29) is 11.2 Å². The van der Waals surface area contributed by atoms with Gasteiger partial charge in [0.2, 0.25) is 0 Å². The van der Waals surface area contributed by atoms with Crippen molar-refractivity contribution in [3.8, 4) is 22.6 Å². The van der Waals surface area contributed by atoms with Gasteiger partial charge in [0, 0.05) is 11.1 Å². The molecule has 0 spiro atoms. The summed E-state index contributed by atoms with van der Waals surface area (Å²) in [4.78, 5) is 0. The zero-order valence-corrected chi connectivity index (χ0v) is 18.1. The molecule has 0 aliphatic rings. The molecule has 0 radical (unpaired) electrons. The number of ether oxygens (including phenoxy) is 2. The summed E-state index contributed by atoms with van der Waals surface area (Å²) in [6, 6.07) is 20.6. The van der Waals surface area contributed by atoms with Gasteiger partial charge in [0.25, 0.3) is 0 Å². The molecule has 0 N–H and O–H groups in total. The second kappa shape index (κ2) is 9.62. The third-order valence-electron chi connectivity index (χ3n) is 4.76. The molecule has 0 saturated carbocycles. The molecule has 0 fully saturated rings. The number of rotatable bonds is 7. The lowest BCUT2D eigenvalue weighted by Gasteiger charge is -2.15. The SMILES string of the molecule is COc1ccc(F)c(-c2ccc(OCc3ccccc3)c(/C=C/CC(C)(C)C)c2)c1. The lowest BCUT2D eigenvalue weighted by molar-refractivity contribution is 0.305. The molecule has 0 heterocycles. The van der Waals surface area contributed by atoms with Crippen LogP contribution in [0.25, 0.3) is 17.2 Å². The molecule has 3 heteroatoms. The maximum atomic E-state index is 14.5. The normalized spacial score (nSPS) is 11.6. The van der Waals surface area contributed by atoms with E-state index in [1.165, 1.54) is 6.07 Å². The predicted molar refractivity (Wildman–Crippen MR) is 122 cm³/mol. The highest BCUT2D eigenvalue weighted by atomic mass is 19.1. The summed E-state index contributed by atoms with van der Waals surface area (Å²) in [5, 5.41) is 0. The Balaban J connectivity index is 1.94. The Morgan fingerprint density at radius 1 is 0.933 bits per heavy atom. The number of halogens is 1. The van der Waals surface area contributed by atoms with Crippen molar-refractivity contribution in [3.63, 3.8) is 0 Å². The fraction of sp³-hybridized carbons (Fsp3) is 0.259.